The molecule has 25 heavy (non-hydrogen) atoms. The molecule has 4 atom stereocenters. The molecule has 0 aliphatic carbocycles. The third kappa shape index (κ3) is 4.99. The van der Waals surface area contributed by atoms with Crippen molar-refractivity contribution in [2.24, 2.45) is 0 Å². The molecule has 2 aromatic rings. The Hall–Kier alpha value is 0.340. The van der Waals surface area contributed by atoms with Crippen molar-refractivity contribution >= 4 is 24.8 Å². The predicted octanol–water partition coefficient (Wildman–Crippen LogP) is -9.12. The van der Waals surface area contributed by atoms with Crippen LogP contribution in [0.25, 0.3) is 11.2 Å². The van der Waals surface area contributed by atoms with Crippen LogP contribution < -0.4 is 74.6 Å². The minimum Gasteiger partial charge on any atom is -0.790 e. The van der Waals surface area contributed by atoms with Crippen molar-refractivity contribution in [2.75, 3.05) is 12.3 Å². The number of anilines is 1. The number of hydrogen-bond acceptors (Lipinski definition) is 11. The first-order valence-corrected chi connectivity index (χ1v) is 7.85. The van der Waals surface area contributed by atoms with Crippen LogP contribution in [0.4, 0.5) is 5.82 Å². The van der Waals surface area contributed by atoms with Crippen LogP contribution in [0.2, 0.25) is 0 Å². The van der Waals surface area contributed by atoms with Crippen molar-refractivity contribution in [1.82, 2.24) is 19.5 Å². The van der Waals surface area contributed by atoms with E-state index in [9.17, 15) is 24.6 Å². The van der Waals surface area contributed by atoms with Gasteiger partial charge in [0, 0.05) is 0 Å². The van der Waals surface area contributed by atoms with Gasteiger partial charge in [-0.05, 0) is 0 Å². The number of rotatable bonds is 4. The Bertz CT molecular complexity index is 773. The van der Waals surface area contributed by atoms with Gasteiger partial charge in [0.05, 0.1) is 20.8 Å². The second-order valence-corrected chi connectivity index (χ2v) is 6.02. The molecule has 3 heterocycles. The molecule has 12 nitrogen and oxygen atoms in total. The average Bonchev–Trinajstić information content (AvgIpc) is 3.01. The maximum absolute atomic E-state index is 10.5. The van der Waals surface area contributed by atoms with E-state index in [0.29, 0.717) is 0 Å². The van der Waals surface area contributed by atoms with Crippen LogP contribution in [0.3, 0.4) is 0 Å². The van der Waals surface area contributed by atoms with Crippen molar-refractivity contribution < 1.29 is 92.9 Å². The minimum atomic E-state index is -5.22. The molecule has 0 spiro atoms. The topological polar surface area (TPSA) is 192 Å². The number of nitrogens with two attached hydrogens (primary N) is 1. The van der Waals surface area contributed by atoms with Crippen LogP contribution in [0.5, 0.6) is 0 Å². The molecular formula is C10H12N5Na2O7P. The normalized spacial score (nSPS) is 26.2. The predicted molar refractivity (Wildman–Crippen MR) is 69.2 cm³/mol. The third-order valence-electron chi connectivity index (χ3n) is 3.40. The molecule has 126 valence electrons. The summed E-state index contributed by atoms with van der Waals surface area (Å²) in [6.07, 6.45) is -2.75. The molecule has 1 fully saturated rings. The minimum absolute atomic E-state index is 0. The van der Waals surface area contributed by atoms with Crippen LogP contribution in [-0.4, -0.2) is 54.7 Å². The van der Waals surface area contributed by atoms with E-state index >= 15 is 0 Å². The summed E-state index contributed by atoms with van der Waals surface area (Å²) < 4.78 is 21.3. The van der Waals surface area contributed by atoms with Crippen LogP contribution >= 0.6 is 7.82 Å². The molecule has 3 rings (SSSR count). The Kier molecular flexibility index (Phi) is 8.44. The van der Waals surface area contributed by atoms with Crippen molar-refractivity contribution in [3.8, 4) is 0 Å². The van der Waals surface area contributed by atoms with Crippen LogP contribution in [-0.2, 0) is 13.8 Å². The molecule has 0 aromatic carbocycles. The number of aliphatic hydroxyl groups is 2. The van der Waals surface area contributed by atoms with Gasteiger partial charge in [0.1, 0.15) is 30.2 Å². The summed E-state index contributed by atoms with van der Waals surface area (Å²) in [5, 5.41) is 20.0. The smallest absolute Gasteiger partial charge is 0.790 e. The van der Waals surface area contributed by atoms with Crippen LogP contribution in [0, 0.1) is 0 Å². The fraction of sp³-hybridized carbons (Fsp3) is 0.500. The number of aromatic nitrogens is 4. The summed E-state index contributed by atoms with van der Waals surface area (Å²) in [5.74, 6) is 0.125. The van der Waals surface area contributed by atoms with E-state index in [1.807, 2.05) is 0 Å². The zero-order valence-electron chi connectivity index (χ0n) is 13.4. The van der Waals surface area contributed by atoms with Gasteiger partial charge in [-0.15, -0.1) is 0 Å². The molecule has 0 saturated carbocycles. The summed E-state index contributed by atoms with van der Waals surface area (Å²) >= 11 is 0. The largest absolute Gasteiger partial charge is 1.00 e. The summed E-state index contributed by atoms with van der Waals surface area (Å²) in [4.78, 5) is 32.8. The van der Waals surface area contributed by atoms with Gasteiger partial charge < -0.3 is 39.6 Å². The number of ether oxygens (including phenoxy) is 1. The van der Waals surface area contributed by atoms with Crippen LogP contribution in [0.1, 0.15) is 6.23 Å². The van der Waals surface area contributed by atoms with Gasteiger partial charge in [-0.2, -0.15) is 0 Å². The fourth-order valence-corrected chi connectivity index (χ4v) is 2.65. The molecule has 15 heteroatoms. The van der Waals surface area contributed by atoms with E-state index < -0.39 is 39.0 Å². The zero-order chi connectivity index (χ0) is 16.8. The Labute approximate surface area is 185 Å². The van der Waals surface area contributed by atoms with E-state index in [4.69, 9.17) is 10.5 Å². The van der Waals surface area contributed by atoms with Crippen LogP contribution in [0.15, 0.2) is 12.7 Å². The molecule has 0 unspecified atom stereocenters. The van der Waals surface area contributed by atoms with Gasteiger partial charge in [-0.3, -0.25) is 4.57 Å². The fourth-order valence-electron chi connectivity index (χ4n) is 2.32. The van der Waals surface area contributed by atoms with Gasteiger partial charge in [0.15, 0.2) is 17.7 Å². The standard InChI is InChI=1S/C10H14N5O7P.2Na/c11-8-5-9(13-2-12-8)15(3-14-5)10-7(17)6(16)4(22-10)1-21-23(18,19)20;;/h2-4,6-7,10,16-17H,1H2,(H2,11,12,13)(H2,18,19,20);;/q;2*+1/p-2/t4-,6+,7-,10-;;/m1../s1. The molecule has 0 amide bonds. The summed E-state index contributed by atoms with van der Waals surface area (Å²) in [6, 6.07) is 0. The van der Waals surface area contributed by atoms with Gasteiger partial charge in [-0.1, -0.05) is 0 Å². The van der Waals surface area contributed by atoms with Gasteiger partial charge in [0.2, 0.25) is 0 Å². The number of nitrogens with zero attached hydrogens (tertiary/aromatic N) is 4. The summed E-state index contributed by atoms with van der Waals surface area (Å²) in [5.41, 5.74) is 6.19. The summed E-state index contributed by atoms with van der Waals surface area (Å²) in [7, 11) is -5.22. The first-order chi connectivity index (χ1) is 10.8. The van der Waals surface area contributed by atoms with E-state index in [0.717, 1.165) is 0 Å². The molecule has 1 saturated heterocycles. The Morgan fingerprint density at radius 1 is 1.28 bits per heavy atom. The molecule has 4 N–H and O–H groups in total. The number of nitrogen functional groups attached to an aromatic ring is 1. The monoisotopic (exact) mass is 391 g/mol. The first-order valence-electron chi connectivity index (χ1n) is 6.39. The van der Waals surface area contributed by atoms with Crippen molar-refractivity contribution in [3.63, 3.8) is 0 Å². The number of phosphoric acid groups is 1. The van der Waals surface area contributed by atoms with Crippen molar-refractivity contribution in [1.29, 1.82) is 0 Å². The molecule has 0 bridgehead atoms. The summed E-state index contributed by atoms with van der Waals surface area (Å²) in [6.45, 7) is -0.719. The Morgan fingerprint density at radius 2 is 1.96 bits per heavy atom. The Morgan fingerprint density at radius 3 is 2.60 bits per heavy atom. The average molecular weight is 391 g/mol. The second kappa shape index (κ2) is 9.02. The van der Waals surface area contributed by atoms with Gasteiger partial charge >= 0.3 is 59.1 Å². The maximum Gasteiger partial charge on any atom is 1.00 e. The SMILES string of the molecule is Nc1ncnc2c1ncn2[C@@H]1O[C@H](COP(=O)([O-])[O-])[C@H](O)[C@H]1O.[Na+].[Na+]. The number of aliphatic hydroxyl groups excluding tert-OH is 2. The second-order valence-electron chi connectivity index (χ2n) is 4.87. The number of hydrogen-bond donors (Lipinski definition) is 3. The third-order valence-corrected chi connectivity index (χ3v) is 3.86. The molecule has 1 aliphatic heterocycles. The quantitative estimate of drug-likeness (QED) is 0.331. The first kappa shape index (κ1) is 23.4. The van der Waals surface area contributed by atoms with Crippen molar-refractivity contribution in [3.05, 3.63) is 12.7 Å². The Balaban J connectivity index is 0.00000156. The van der Waals surface area contributed by atoms with Crippen molar-refractivity contribution in [2.45, 2.75) is 24.5 Å². The number of imidazole rings is 1. The van der Waals surface area contributed by atoms with E-state index in [1.54, 1.807) is 0 Å². The van der Waals surface area contributed by atoms with Gasteiger partial charge in [-0.25, -0.2) is 15.0 Å². The van der Waals surface area contributed by atoms with Gasteiger partial charge in [0.25, 0.3) is 0 Å². The molecule has 0 radical (unpaired) electrons. The number of fused-ring (bicyclic) bond motifs is 1. The van der Waals surface area contributed by atoms with E-state index in [2.05, 4.69) is 19.5 Å². The molecular weight excluding hydrogens is 379 g/mol. The van der Waals surface area contributed by atoms with E-state index in [-0.39, 0.29) is 76.1 Å². The molecule has 2 aromatic heterocycles. The maximum atomic E-state index is 10.5. The zero-order valence-corrected chi connectivity index (χ0v) is 18.3. The van der Waals surface area contributed by atoms with E-state index in [1.165, 1.54) is 17.2 Å². The number of phosphoric ester groups is 1. The molecule has 1 aliphatic rings.